The number of piperazine rings is 1. The molecule has 0 atom stereocenters. The van der Waals surface area contributed by atoms with Crippen LogP contribution < -0.4 is 4.74 Å². The maximum Gasteiger partial charge on any atom is 0.257 e. The minimum absolute atomic E-state index is 0.0836. The van der Waals surface area contributed by atoms with Crippen LogP contribution in [0.2, 0.25) is 5.02 Å². The van der Waals surface area contributed by atoms with Crippen molar-refractivity contribution in [1.29, 1.82) is 0 Å². The van der Waals surface area contributed by atoms with Gasteiger partial charge in [0, 0.05) is 31.2 Å². The number of amides is 2. The third-order valence-electron chi connectivity index (χ3n) is 4.00. The highest BCUT2D eigenvalue weighted by Gasteiger charge is 2.26. The highest BCUT2D eigenvalue weighted by atomic mass is 35.5. The van der Waals surface area contributed by atoms with Crippen molar-refractivity contribution < 1.29 is 14.3 Å². The van der Waals surface area contributed by atoms with Crippen molar-refractivity contribution in [2.45, 2.75) is 6.54 Å². The Kier molecular flexibility index (Phi) is 5.13. The van der Waals surface area contributed by atoms with Crippen LogP contribution in [-0.2, 0) is 11.3 Å². The van der Waals surface area contributed by atoms with Gasteiger partial charge in [-0.25, -0.2) is 4.68 Å². The Labute approximate surface area is 149 Å². The highest BCUT2D eigenvalue weighted by molar-refractivity contribution is 6.31. The van der Waals surface area contributed by atoms with Crippen molar-refractivity contribution >= 4 is 23.4 Å². The van der Waals surface area contributed by atoms with Gasteiger partial charge < -0.3 is 14.5 Å². The Bertz CT molecular complexity index is 759. The van der Waals surface area contributed by atoms with Crippen LogP contribution in [0.4, 0.5) is 0 Å². The highest BCUT2D eigenvalue weighted by Crippen LogP contribution is 2.24. The van der Waals surface area contributed by atoms with Gasteiger partial charge in [-0.3, -0.25) is 9.59 Å². The first-order chi connectivity index (χ1) is 12.1. The molecule has 1 aliphatic rings. The van der Waals surface area contributed by atoms with Crippen molar-refractivity contribution in [2.75, 3.05) is 33.3 Å². The van der Waals surface area contributed by atoms with Gasteiger partial charge in [0.2, 0.25) is 5.91 Å². The van der Waals surface area contributed by atoms with Crippen LogP contribution in [0.1, 0.15) is 10.4 Å². The molecule has 0 aliphatic carbocycles. The van der Waals surface area contributed by atoms with Crippen molar-refractivity contribution in [3.63, 3.8) is 0 Å². The fourth-order valence-electron chi connectivity index (χ4n) is 2.67. The zero-order valence-electron chi connectivity index (χ0n) is 13.6. The summed E-state index contributed by atoms with van der Waals surface area (Å²) in [4.78, 5) is 28.3. The number of rotatable bonds is 4. The molecule has 1 aromatic carbocycles. The number of aromatic nitrogens is 4. The summed E-state index contributed by atoms with van der Waals surface area (Å²) in [7, 11) is 1.51. The van der Waals surface area contributed by atoms with Crippen molar-refractivity contribution in [1.82, 2.24) is 30.0 Å². The fraction of sp³-hybridized carbons (Fsp3) is 0.400. The zero-order chi connectivity index (χ0) is 17.8. The van der Waals surface area contributed by atoms with Crippen LogP contribution in [0.5, 0.6) is 5.75 Å². The van der Waals surface area contributed by atoms with Crippen LogP contribution in [0.25, 0.3) is 0 Å². The lowest BCUT2D eigenvalue weighted by molar-refractivity contribution is -0.133. The molecule has 10 heteroatoms. The van der Waals surface area contributed by atoms with Gasteiger partial charge in [-0.15, -0.1) is 5.10 Å². The molecule has 0 N–H and O–H groups in total. The number of ether oxygens (including phenoxy) is 1. The largest absolute Gasteiger partial charge is 0.496 e. The van der Waals surface area contributed by atoms with E-state index in [4.69, 9.17) is 16.3 Å². The second-order valence-electron chi connectivity index (χ2n) is 5.52. The summed E-state index contributed by atoms with van der Waals surface area (Å²) < 4.78 is 6.61. The maximum absolute atomic E-state index is 12.7. The Morgan fingerprint density at radius 1 is 1.20 bits per heavy atom. The number of nitrogens with zero attached hydrogens (tertiary/aromatic N) is 6. The van der Waals surface area contributed by atoms with E-state index in [0.717, 1.165) is 0 Å². The third-order valence-corrected chi connectivity index (χ3v) is 4.24. The van der Waals surface area contributed by atoms with Gasteiger partial charge >= 0.3 is 0 Å². The lowest BCUT2D eigenvalue weighted by Gasteiger charge is -2.35. The summed E-state index contributed by atoms with van der Waals surface area (Å²) in [6.07, 6.45) is 1.39. The van der Waals surface area contributed by atoms with Gasteiger partial charge in [-0.2, -0.15) is 0 Å². The predicted molar refractivity (Wildman–Crippen MR) is 88.3 cm³/mol. The summed E-state index contributed by atoms with van der Waals surface area (Å²) in [5.74, 6) is 0.234. The van der Waals surface area contributed by atoms with E-state index < -0.39 is 0 Å². The van der Waals surface area contributed by atoms with Gasteiger partial charge in [0.1, 0.15) is 18.6 Å². The van der Waals surface area contributed by atoms with Gasteiger partial charge in [-0.05, 0) is 28.6 Å². The van der Waals surface area contributed by atoms with E-state index in [1.807, 2.05) is 0 Å². The van der Waals surface area contributed by atoms with Crippen molar-refractivity contribution in [3.8, 4) is 5.75 Å². The Balaban J connectivity index is 1.61. The molecule has 0 bridgehead atoms. The van der Waals surface area contributed by atoms with E-state index >= 15 is 0 Å². The number of tetrazole rings is 1. The first-order valence-corrected chi connectivity index (χ1v) is 8.07. The van der Waals surface area contributed by atoms with E-state index in [-0.39, 0.29) is 18.4 Å². The zero-order valence-corrected chi connectivity index (χ0v) is 14.4. The molecule has 0 saturated carbocycles. The molecule has 1 aliphatic heterocycles. The van der Waals surface area contributed by atoms with Crippen molar-refractivity contribution in [3.05, 3.63) is 35.1 Å². The van der Waals surface area contributed by atoms with Crippen LogP contribution in [0.15, 0.2) is 24.5 Å². The number of benzene rings is 1. The molecule has 2 aromatic rings. The average molecular weight is 365 g/mol. The number of methoxy groups -OCH3 is 1. The molecule has 2 amide bonds. The molecule has 132 valence electrons. The summed E-state index contributed by atoms with van der Waals surface area (Å²) in [6.45, 7) is 1.87. The van der Waals surface area contributed by atoms with E-state index in [1.54, 1.807) is 28.0 Å². The quantitative estimate of drug-likeness (QED) is 0.775. The van der Waals surface area contributed by atoms with Crippen molar-refractivity contribution in [2.24, 2.45) is 0 Å². The number of carbonyl (C=O) groups excluding carboxylic acids is 2. The molecule has 25 heavy (non-hydrogen) atoms. The first-order valence-electron chi connectivity index (χ1n) is 7.70. The lowest BCUT2D eigenvalue weighted by Crippen LogP contribution is -2.51. The molecule has 0 radical (unpaired) electrons. The molecular formula is C15H17ClN6O3. The normalized spacial score (nSPS) is 14.5. The smallest absolute Gasteiger partial charge is 0.257 e. The van der Waals surface area contributed by atoms with Crippen LogP contribution in [0, 0.1) is 0 Å². The number of hydrogen-bond acceptors (Lipinski definition) is 6. The van der Waals surface area contributed by atoms with E-state index in [2.05, 4.69) is 15.5 Å². The minimum atomic E-state index is -0.160. The molecule has 1 fully saturated rings. The molecular weight excluding hydrogens is 348 g/mol. The standard InChI is InChI=1S/C15H17ClN6O3/c1-25-13-3-2-11(16)8-12(13)15(24)21-6-4-20(5-7-21)14(23)9-22-10-17-18-19-22/h2-3,8,10H,4-7,9H2,1H3. The SMILES string of the molecule is COc1ccc(Cl)cc1C(=O)N1CCN(C(=O)Cn2cnnn2)CC1. The Morgan fingerprint density at radius 2 is 1.92 bits per heavy atom. The van der Waals surface area contributed by atoms with Crippen LogP contribution >= 0.6 is 11.6 Å². The number of carbonyl (C=O) groups is 2. The Morgan fingerprint density at radius 3 is 2.56 bits per heavy atom. The minimum Gasteiger partial charge on any atom is -0.496 e. The van der Waals surface area contributed by atoms with Gasteiger partial charge in [0.15, 0.2) is 0 Å². The lowest BCUT2D eigenvalue weighted by atomic mass is 10.1. The van der Waals surface area contributed by atoms with Crippen LogP contribution in [0.3, 0.4) is 0 Å². The molecule has 9 nitrogen and oxygen atoms in total. The van der Waals surface area contributed by atoms with Gasteiger partial charge in [-0.1, -0.05) is 11.6 Å². The second kappa shape index (κ2) is 7.47. The summed E-state index contributed by atoms with van der Waals surface area (Å²) in [5, 5.41) is 11.1. The molecule has 2 heterocycles. The number of halogens is 1. The maximum atomic E-state index is 12.7. The van der Waals surface area contributed by atoms with E-state index in [9.17, 15) is 9.59 Å². The van der Waals surface area contributed by atoms with Crippen LogP contribution in [-0.4, -0.2) is 75.1 Å². The van der Waals surface area contributed by atoms with Gasteiger partial charge in [0.05, 0.1) is 12.7 Å². The topological polar surface area (TPSA) is 93.5 Å². The third kappa shape index (κ3) is 3.87. The second-order valence-corrected chi connectivity index (χ2v) is 5.96. The summed E-state index contributed by atoms with van der Waals surface area (Å²) >= 11 is 5.99. The molecule has 0 unspecified atom stereocenters. The summed E-state index contributed by atoms with van der Waals surface area (Å²) in [6, 6.07) is 4.94. The summed E-state index contributed by atoms with van der Waals surface area (Å²) in [5.41, 5.74) is 0.420. The predicted octanol–water partition coefficient (Wildman–Crippen LogP) is 0.320. The monoisotopic (exact) mass is 364 g/mol. The van der Waals surface area contributed by atoms with Gasteiger partial charge in [0.25, 0.3) is 5.91 Å². The fourth-order valence-corrected chi connectivity index (χ4v) is 2.84. The molecule has 1 saturated heterocycles. The average Bonchev–Trinajstić information content (AvgIpc) is 3.14. The molecule has 0 spiro atoms. The van der Waals surface area contributed by atoms with E-state index in [0.29, 0.717) is 42.5 Å². The number of hydrogen-bond donors (Lipinski definition) is 0. The molecule has 3 rings (SSSR count). The molecule has 1 aromatic heterocycles. The van der Waals surface area contributed by atoms with E-state index in [1.165, 1.54) is 18.1 Å². The first kappa shape index (κ1) is 17.2. The Hall–Kier alpha value is -2.68.